The van der Waals surface area contributed by atoms with E-state index in [0.29, 0.717) is 23.7 Å². The molecule has 28 heavy (non-hydrogen) atoms. The molecule has 0 saturated carbocycles. The van der Waals surface area contributed by atoms with E-state index in [-0.39, 0.29) is 5.91 Å². The summed E-state index contributed by atoms with van der Waals surface area (Å²) in [4.78, 5) is 21.4. The van der Waals surface area contributed by atoms with Gasteiger partial charge in [0.05, 0.1) is 27.7 Å². The summed E-state index contributed by atoms with van der Waals surface area (Å²) in [5, 5.41) is 5.18. The number of aryl methyl sites for hydroxylation is 1. The third-order valence-corrected chi connectivity index (χ3v) is 5.44. The Bertz CT molecular complexity index is 993. The Kier molecular flexibility index (Phi) is 5.05. The van der Waals surface area contributed by atoms with E-state index >= 15 is 0 Å². The Hall–Kier alpha value is -2.86. The van der Waals surface area contributed by atoms with Gasteiger partial charge in [-0.3, -0.25) is 4.79 Å². The van der Waals surface area contributed by atoms with E-state index in [1.807, 2.05) is 46.8 Å². The standard InChI is InChI=1S/C21H22ClN5O/c1-15-20(16(2)27(24-15)19-9-5-6-10-23-19)25-11-13-26(14-12-25)21(28)17-7-3-4-8-18(17)22/h3-10H,11-14H2,1-2H3. The summed E-state index contributed by atoms with van der Waals surface area (Å²) in [6, 6.07) is 13.0. The summed E-state index contributed by atoms with van der Waals surface area (Å²) in [5.74, 6) is 0.796. The zero-order valence-electron chi connectivity index (χ0n) is 16.0. The van der Waals surface area contributed by atoms with Gasteiger partial charge in [-0.15, -0.1) is 0 Å². The van der Waals surface area contributed by atoms with Gasteiger partial charge in [-0.1, -0.05) is 29.8 Å². The van der Waals surface area contributed by atoms with Crippen molar-refractivity contribution in [2.45, 2.75) is 13.8 Å². The molecule has 0 aliphatic carbocycles. The molecule has 1 aromatic carbocycles. The fraction of sp³-hybridized carbons (Fsp3) is 0.286. The van der Waals surface area contributed by atoms with E-state index in [1.54, 1.807) is 18.3 Å². The third kappa shape index (κ3) is 3.36. The fourth-order valence-corrected chi connectivity index (χ4v) is 3.95. The van der Waals surface area contributed by atoms with Crippen molar-refractivity contribution in [3.05, 3.63) is 70.6 Å². The zero-order chi connectivity index (χ0) is 19.7. The molecule has 1 saturated heterocycles. The molecule has 7 heteroatoms. The lowest BCUT2D eigenvalue weighted by atomic mass is 10.1. The van der Waals surface area contributed by atoms with Crippen LogP contribution in [0.15, 0.2) is 48.7 Å². The van der Waals surface area contributed by atoms with E-state index in [2.05, 4.69) is 21.9 Å². The van der Waals surface area contributed by atoms with Crippen LogP contribution in [0.25, 0.3) is 5.82 Å². The van der Waals surface area contributed by atoms with E-state index in [4.69, 9.17) is 11.6 Å². The number of benzene rings is 1. The van der Waals surface area contributed by atoms with Crippen LogP contribution in [0.1, 0.15) is 21.7 Å². The van der Waals surface area contributed by atoms with Crippen molar-refractivity contribution in [3.8, 4) is 5.82 Å². The average Bonchev–Trinajstić information content (AvgIpc) is 3.03. The number of nitrogens with zero attached hydrogens (tertiary/aromatic N) is 5. The molecule has 0 spiro atoms. The van der Waals surface area contributed by atoms with Gasteiger partial charge < -0.3 is 9.80 Å². The van der Waals surface area contributed by atoms with Crippen molar-refractivity contribution in [1.82, 2.24) is 19.7 Å². The van der Waals surface area contributed by atoms with Gasteiger partial charge >= 0.3 is 0 Å². The van der Waals surface area contributed by atoms with Gasteiger partial charge in [0.1, 0.15) is 0 Å². The number of carbonyl (C=O) groups is 1. The monoisotopic (exact) mass is 395 g/mol. The van der Waals surface area contributed by atoms with Crippen LogP contribution in [-0.2, 0) is 0 Å². The van der Waals surface area contributed by atoms with E-state index in [1.165, 1.54) is 0 Å². The number of amides is 1. The predicted octanol–water partition coefficient (Wildman–Crippen LogP) is 3.50. The first kappa shape index (κ1) is 18.5. The van der Waals surface area contributed by atoms with Crippen molar-refractivity contribution in [2.75, 3.05) is 31.1 Å². The van der Waals surface area contributed by atoms with Crippen molar-refractivity contribution in [1.29, 1.82) is 0 Å². The molecule has 3 heterocycles. The topological polar surface area (TPSA) is 54.3 Å². The highest BCUT2D eigenvalue weighted by Gasteiger charge is 2.26. The van der Waals surface area contributed by atoms with Gasteiger partial charge in [-0.2, -0.15) is 5.10 Å². The van der Waals surface area contributed by atoms with Crippen molar-refractivity contribution >= 4 is 23.2 Å². The van der Waals surface area contributed by atoms with E-state index < -0.39 is 0 Å². The van der Waals surface area contributed by atoms with Crippen molar-refractivity contribution in [2.24, 2.45) is 0 Å². The molecule has 144 valence electrons. The molecule has 0 N–H and O–H groups in total. The highest BCUT2D eigenvalue weighted by atomic mass is 35.5. The van der Waals surface area contributed by atoms with Crippen LogP contribution in [-0.4, -0.2) is 51.8 Å². The van der Waals surface area contributed by atoms with Gasteiger partial charge in [0, 0.05) is 32.4 Å². The Labute approximate surface area is 169 Å². The summed E-state index contributed by atoms with van der Waals surface area (Å²) in [7, 11) is 0. The smallest absolute Gasteiger partial charge is 0.255 e. The normalized spacial score (nSPS) is 14.4. The summed E-state index contributed by atoms with van der Waals surface area (Å²) in [6.45, 7) is 6.89. The third-order valence-electron chi connectivity index (χ3n) is 5.11. The highest BCUT2D eigenvalue weighted by molar-refractivity contribution is 6.33. The maximum absolute atomic E-state index is 12.8. The van der Waals surface area contributed by atoms with Crippen LogP contribution < -0.4 is 4.90 Å². The molecule has 0 unspecified atom stereocenters. The molecule has 6 nitrogen and oxygen atoms in total. The van der Waals surface area contributed by atoms with E-state index in [0.717, 1.165) is 36.0 Å². The molecule has 3 aromatic rings. The SMILES string of the molecule is Cc1nn(-c2ccccn2)c(C)c1N1CCN(C(=O)c2ccccc2Cl)CC1. The number of pyridine rings is 1. The van der Waals surface area contributed by atoms with Gasteiger partial charge in [-0.05, 0) is 38.1 Å². The van der Waals surface area contributed by atoms with Crippen molar-refractivity contribution < 1.29 is 4.79 Å². The Morgan fingerprint density at radius 3 is 2.39 bits per heavy atom. The molecular formula is C21H22ClN5O. The first-order chi connectivity index (χ1) is 13.6. The number of anilines is 1. The largest absolute Gasteiger partial charge is 0.365 e. The second kappa shape index (κ2) is 7.64. The lowest BCUT2D eigenvalue weighted by Crippen LogP contribution is -2.49. The summed E-state index contributed by atoms with van der Waals surface area (Å²) in [6.07, 6.45) is 1.77. The minimum atomic E-state index is -0.0112. The summed E-state index contributed by atoms with van der Waals surface area (Å²) >= 11 is 6.19. The molecule has 1 fully saturated rings. The number of aromatic nitrogens is 3. The minimum Gasteiger partial charge on any atom is -0.365 e. The Morgan fingerprint density at radius 2 is 1.71 bits per heavy atom. The zero-order valence-corrected chi connectivity index (χ0v) is 16.7. The molecule has 2 aromatic heterocycles. The Balaban J connectivity index is 1.51. The molecule has 0 bridgehead atoms. The molecule has 1 amide bonds. The molecule has 1 aliphatic heterocycles. The molecule has 0 radical (unpaired) electrons. The highest BCUT2D eigenvalue weighted by Crippen LogP contribution is 2.27. The average molecular weight is 396 g/mol. The maximum atomic E-state index is 12.8. The predicted molar refractivity (Wildman–Crippen MR) is 110 cm³/mol. The molecule has 4 rings (SSSR count). The van der Waals surface area contributed by atoms with Crippen LogP contribution in [0, 0.1) is 13.8 Å². The number of rotatable bonds is 3. The lowest BCUT2D eigenvalue weighted by Gasteiger charge is -2.36. The maximum Gasteiger partial charge on any atom is 0.255 e. The van der Waals surface area contributed by atoms with Gasteiger partial charge in [0.2, 0.25) is 0 Å². The first-order valence-electron chi connectivity index (χ1n) is 9.32. The Morgan fingerprint density at radius 1 is 1.00 bits per heavy atom. The quantitative estimate of drug-likeness (QED) is 0.681. The summed E-state index contributed by atoms with van der Waals surface area (Å²) < 4.78 is 1.88. The number of halogens is 1. The number of piperazine rings is 1. The van der Waals surface area contributed by atoms with Crippen LogP contribution >= 0.6 is 11.6 Å². The minimum absolute atomic E-state index is 0.0112. The van der Waals surface area contributed by atoms with Crippen molar-refractivity contribution in [3.63, 3.8) is 0 Å². The van der Waals surface area contributed by atoms with E-state index in [9.17, 15) is 4.79 Å². The van der Waals surface area contributed by atoms with Gasteiger partial charge in [0.15, 0.2) is 5.82 Å². The second-order valence-electron chi connectivity index (χ2n) is 6.88. The van der Waals surface area contributed by atoms with Crippen LogP contribution in [0.4, 0.5) is 5.69 Å². The first-order valence-corrected chi connectivity index (χ1v) is 9.70. The molecule has 1 aliphatic rings. The van der Waals surface area contributed by atoms with Crippen LogP contribution in [0.3, 0.4) is 0 Å². The van der Waals surface area contributed by atoms with Crippen LogP contribution in [0.2, 0.25) is 5.02 Å². The number of hydrogen-bond donors (Lipinski definition) is 0. The summed E-state index contributed by atoms with van der Waals surface area (Å²) in [5.41, 5.74) is 3.71. The second-order valence-corrected chi connectivity index (χ2v) is 7.29. The van der Waals surface area contributed by atoms with Gasteiger partial charge in [0.25, 0.3) is 5.91 Å². The number of hydrogen-bond acceptors (Lipinski definition) is 4. The van der Waals surface area contributed by atoms with Gasteiger partial charge in [-0.25, -0.2) is 9.67 Å². The number of carbonyl (C=O) groups excluding carboxylic acids is 1. The van der Waals surface area contributed by atoms with Crippen LogP contribution in [0.5, 0.6) is 0 Å². The molecular weight excluding hydrogens is 374 g/mol. The molecule has 0 atom stereocenters. The fourth-order valence-electron chi connectivity index (χ4n) is 3.73. The lowest BCUT2D eigenvalue weighted by molar-refractivity contribution is 0.0747.